The van der Waals surface area contributed by atoms with Crippen molar-refractivity contribution in [3.63, 3.8) is 0 Å². The maximum absolute atomic E-state index is 5.22. The lowest BCUT2D eigenvalue weighted by Gasteiger charge is -2.14. The van der Waals surface area contributed by atoms with Crippen LogP contribution in [0, 0.1) is 5.92 Å². The van der Waals surface area contributed by atoms with E-state index in [0.717, 1.165) is 13.2 Å². The van der Waals surface area contributed by atoms with Gasteiger partial charge in [0.05, 0.1) is 13.2 Å². The molecule has 2 nitrogen and oxygen atoms in total. The Balaban J connectivity index is 2.24. The van der Waals surface area contributed by atoms with Gasteiger partial charge < -0.3 is 0 Å². The van der Waals surface area contributed by atoms with Gasteiger partial charge in [-0.05, 0) is 12.8 Å². The fourth-order valence-electron chi connectivity index (χ4n) is 0.910. The molecular weight excluding hydrogens is 114 g/mol. The molecule has 1 aliphatic heterocycles. The fraction of sp³-hybridized carbons (Fsp3) is 0.714. The average molecular weight is 127 g/mol. The van der Waals surface area contributed by atoms with Crippen molar-refractivity contribution in [3.05, 3.63) is 12.3 Å². The molecule has 0 aromatic heterocycles. The summed E-state index contributed by atoms with van der Waals surface area (Å²) >= 11 is 0. The van der Waals surface area contributed by atoms with E-state index in [1.807, 2.05) is 18.2 Å². The number of hydroxylamine groups is 2. The molecule has 0 N–H and O–H groups in total. The normalized spacial score (nSPS) is 25.6. The number of rotatable bonds is 2. The monoisotopic (exact) mass is 127 g/mol. The van der Waals surface area contributed by atoms with E-state index in [0.29, 0.717) is 5.92 Å². The van der Waals surface area contributed by atoms with Crippen LogP contribution in [0.2, 0.25) is 0 Å². The van der Waals surface area contributed by atoms with Gasteiger partial charge in [-0.25, -0.2) is 0 Å². The van der Waals surface area contributed by atoms with Crippen LogP contribution in [0.4, 0.5) is 0 Å². The van der Waals surface area contributed by atoms with Gasteiger partial charge >= 0.3 is 0 Å². The fourth-order valence-corrected chi connectivity index (χ4v) is 0.910. The summed E-state index contributed by atoms with van der Waals surface area (Å²) in [6.07, 6.45) is 4.14. The predicted molar refractivity (Wildman–Crippen MR) is 36.6 cm³/mol. The van der Waals surface area contributed by atoms with Crippen LogP contribution in [0.1, 0.15) is 13.8 Å². The summed E-state index contributed by atoms with van der Waals surface area (Å²) in [6, 6.07) is 0. The smallest absolute Gasteiger partial charge is 0.0720 e. The summed E-state index contributed by atoms with van der Waals surface area (Å²) < 4.78 is 0. The molecule has 0 aliphatic carbocycles. The van der Waals surface area contributed by atoms with Crippen molar-refractivity contribution in [1.82, 2.24) is 5.06 Å². The van der Waals surface area contributed by atoms with Crippen molar-refractivity contribution in [3.8, 4) is 0 Å². The average Bonchev–Trinajstić information content (AvgIpc) is 2.17. The summed E-state index contributed by atoms with van der Waals surface area (Å²) in [5.41, 5.74) is 0. The molecule has 1 rings (SSSR count). The third-order valence-electron chi connectivity index (χ3n) is 1.34. The first kappa shape index (κ1) is 6.62. The van der Waals surface area contributed by atoms with Crippen LogP contribution in [0.3, 0.4) is 0 Å². The molecule has 9 heavy (non-hydrogen) atoms. The number of hydrogen-bond donors (Lipinski definition) is 0. The zero-order valence-electron chi connectivity index (χ0n) is 6.00. The SMILES string of the molecule is CCON1C=CC(C)C1. The Morgan fingerprint density at radius 3 is 3.00 bits per heavy atom. The molecule has 2 heteroatoms. The quantitative estimate of drug-likeness (QED) is 0.556. The van der Waals surface area contributed by atoms with Crippen LogP contribution < -0.4 is 0 Å². The first-order valence-electron chi connectivity index (χ1n) is 3.41. The molecule has 1 aliphatic rings. The highest BCUT2D eigenvalue weighted by Gasteiger charge is 2.09. The van der Waals surface area contributed by atoms with E-state index < -0.39 is 0 Å². The lowest BCUT2D eigenvalue weighted by Crippen LogP contribution is -2.17. The minimum atomic E-state index is 0.650. The van der Waals surface area contributed by atoms with Crippen molar-refractivity contribution in [2.75, 3.05) is 13.2 Å². The molecule has 0 saturated carbocycles. The van der Waals surface area contributed by atoms with Gasteiger partial charge in [-0.15, -0.1) is 0 Å². The molecular formula is C7H13NO. The molecule has 0 bridgehead atoms. The van der Waals surface area contributed by atoms with Crippen LogP contribution in [0.5, 0.6) is 0 Å². The van der Waals surface area contributed by atoms with Gasteiger partial charge in [-0.3, -0.25) is 9.90 Å². The zero-order chi connectivity index (χ0) is 6.69. The van der Waals surface area contributed by atoms with Crippen LogP contribution in [0.25, 0.3) is 0 Å². The highest BCUT2D eigenvalue weighted by atomic mass is 16.7. The second-order valence-corrected chi connectivity index (χ2v) is 2.34. The maximum Gasteiger partial charge on any atom is 0.0720 e. The Morgan fingerprint density at radius 2 is 2.56 bits per heavy atom. The van der Waals surface area contributed by atoms with E-state index in [1.165, 1.54) is 0 Å². The highest BCUT2D eigenvalue weighted by molar-refractivity contribution is 4.92. The summed E-state index contributed by atoms with van der Waals surface area (Å²) in [5, 5.41) is 1.88. The van der Waals surface area contributed by atoms with Crippen molar-refractivity contribution < 1.29 is 4.84 Å². The lowest BCUT2D eigenvalue weighted by atomic mass is 10.2. The van der Waals surface area contributed by atoms with Crippen LogP contribution >= 0.6 is 0 Å². The molecule has 1 heterocycles. The topological polar surface area (TPSA) is 12.5 Å². The van der Waals surface area contributed by atoms with Gasteiger partial charge in [0.2, 0.25) is 0 Å². The Morgan fingerprint density at radius 1 is 1.78 bits per heavy atom. The summed E-state index contributed by atoms with van der Waals surface area (Å²) in [5.74, 6) is 0.650. The Bertz CT molecular complexity index is 111. The Kier molecular flexibility index (Phi) is 2.11. The third kappa shape index (κ3) is 1.72. The summed E-state index contributed by atoms with van der Waals surface area (Å²) in [7, 11) is 0. The highest BCUT2D eigenvalue weighted by Crippen LogP contribution is 2.10. The second-order valence-electron chi connectivity index (χ2n) is 2.34. The minimum Gasteiger partial charge on any atom is -0.274 e. The minimum absolute atomic E-state index is 0.650. The van der Waals surface area contributed by atoms with Crippen LogP contribution in [-0.2, 0) is 4.84 Å². The van der Waals surface area contributed by atoms with Crippen LogP contribution in [0.15, 0.2) is 12.3 Å². The Hall–Kier alpha value is -0.500. The van der Waals surface area contributed by atoms with Gasteiger partial charge in [-0.1, -0.05) is 13.0 Å². The second kappa shape index (κ2) is 2.87. The predicted octanol–water partition coefficient (Wildman–Crippen LogP) is 1.40. The van der Waals surface area contributed by atoms with Gasteiger partial charge in [0.1, 0.15) is 0 Å². The molecule has 0 spiro atoms. The maximum atomic E-state index is 5.22. The van der Waals surface area contributed by atoms with E-state index in [1.54, 1.807) is 0 Å². The first-order chi connectivity index (χ1) is 4.33. The standard InChI is InChI=1S/C7H13NO/c1-3-9-8-5-4-7(2)6-8/h4-5,7H,3,6H2,1-2H3. The van der Waals surface area contributed by atoms with Crippen molar-refractivity contribution in [1.29, 1.82) is 0 Å². The van der Waals surface area contributed by atoms with E-state index in [9.17, 15) is 0 Å². The molecule has 52 valence electrons. The number of nitrogens with zero attached hydrogens (tertiary/aromatic N) is 1. The molecule has 1 atom stereocenters. The van der Waals surface area contributed by atoms with Crippen molar-refractivity contribution >= 4 is 0 Å². The van der Waals surface area contributed by atoms with E-state index in [2.05, 4.69) is 13.0 Å². The largest absolute Gasteiger partial charge is 0.274 e. The molecule has 0 fully saturated rings. The third-order valence-corrected chi connectivity index (χ3v) is 1.34. The van der Waals surface area contributed by atoms with E-state index in [-0.39, 0.29) is 0 Å². The van der Waals surface area contributed by atoms with Crippen molar-refractivity contribution in [2.24, 2.45) is 5.92 Å². The zero-order valence-corrected chi connectivity index (χ0v) is 6.00. The molecule has 0 amide bonds. The van der Waals surface area contributed by atoms with E-state index >= 15 is 0 Å². The Labute approximate surface area is 56.1 Å². The molecule has 0 radical (unpaired) electrons. The van der Waals surface area contributed by atoms with Gasteiger partial charge in [0.25, 0.3) is 0 Å². The first-order valence-corrected chi connectivity index (χ1v) is 3.41. The molecule has 1 unspecified atom stereocenters. The van der Waals surface area contributed by atoms with Crippen molar-refractivity contribution in [2.45, 2.75) is 13.8 Å². The summed E-state index contributed by atoms with van der Waals surface area (Å²) in [4.78, 5) is 5.22. The van der Waals surface area contributed by atoms with Crippen LogP contribution in [-0.4, -0.2) is 18.2 Å². The van der Waals surface area contributed by atoms with Gasteiger partial charge in [-0.2, -0.15) is 0 Å². The number of hydrogen-bond acceptors (Lipinski definition) is 2. The molecule has 0 aromatic rings. The lowest BCUT2D eigenvalue weighted by molar-refractivity contribution is -0.111. The molecule has 0 aromatic carbocycles. The molecule has 0 saturated heterocycles. The van der Waals surface area contributed by atoms with E-state index in [4.69, 9.17) is 4.84 Å². The van der Waals surface area contributed by atoms with Gasteiger partial charge in [0.15, 0.2) is 0 Å². The van der Waals surface area contributed by atoms with Gasteiger partial charge in [0, 0.05) is 6.20 Å². The summed E-state index contributed by atoms with van der Waals surface area (Å²) in [6.45, 7) is 5.94.